The van der Waals surface area contributed by atoms with Gasteiger partial charge in [-0.25, -0.2) is 4.98 Å². The maximum atomic E-state index is 11.5. The zero-order chi connectivity index (χ0) is 19.1. The number of carbonyl (C=O) groups excluding carboxylic acids is 1. The van der Waals surface area contributed by atoms with E-state index < -0.39 is 0 Å². The van der Waals surface area contributed by atoms with Gasteiger partial charge in [0.2, 0.25) is 0 Å². The second-order valence-electron chi connectivity index (χ2n) is 6.53. The van der Waals surface area contributed by atoms with Crippen molar-refractivity contribution in [1.29, 1.82) is 5.41 Å². The summed E-state index contributed by atoms with van der Waals surface area (Å²) in [4.78, 5) is 17.9. The van der Waals surface area contributed by atoms with Crippen LogP contribution in [0.3, 0.4) is 0 Å². The lowest BCUT2D eigenvalue weighted by Crippen LogP contribution is -2.26. The first kappa shape index (κ1) is 17.0. The fourth-order valence-electron chi connectivity index (χ4n) is 3.50. The number of para-hydroxylation sites is 2. The normalized spacial score (nSPS) is 14.4. The molecule has 1 aliphatic heterocycles. The zero-order valence-corrected chi connectivity index (χ0v) is 15.2. The van der Waals surface area contributed by atoms with Gasteiger partial charge in [-0.05, 0) is 50.2 Å². The maximum Gasteiger partial charge on any atom is 0.159 e. The van der Waals surface area contributed by atoms with Gasteiger partial charge in [0.05, 0.1) is 23.2 Å². The molecule has 0 radical (unpaired) electrons. The Balaban J connectivity index is 1.74. The van der Waals surface area contributed by atoms with Crippen LogP contribution in [0.15, 0.2) is 54.3 Å². The van der Waals surface area contributed by atoms with E-state index in [1.807, 2.05) is 35.8 Å². The van der Waals surface area contributed by atoms with Gasteiger partial charge in [-0.15, -0.1) is 0 Å². The van der Waals surface area contributed by atoms with Crippen LogP contribution in [0.4, 0.5) is 5.69 Å². The summed E-state index contributed by atoms with van der Waals surface area (Å²) in [6.07, 6.45) is 0. The number of fused-ring (bicyclic) bond motifs is 1. The quantitative estimate of drug-likeness (QED) is 0.688. The SMILES string of the molecule is CCn1c(C2=C(O)CN(c3ccc(C(C)=O)cc3)C2=N)nc2ccccc21. The Labute approximate surface area is 156 Å². The monoisotopic (exact) mass is 360 g/mol. The Morgan fingerprint density at radius 3 is 2.56 bits per heavy atom. The Bertz CT molecular complexity index is 1090. The molecule has 0 unspecified atom stereocenters. The first-order chi connectivity index (χ1) is 13.0. The molecule has 0 fully saturated rings. The van der Waals surface area contributed by atoms with Crippen LogP contribution in [-0.2, 0) is 6.54 Å². The van der Waals surface area contributed by atoms with Crippen molar-refractivity contribution in [3.05, 3.63) is 65.7 Å². The molecule has 2 heterocycles. The first-order valence-corrected chi connectivity index (χ1v) is 8.86. The minimum atomic E-state index is -0.00336. The average Bonchev–Trinajstić information content (AvgIpc) is 3.18. The molecule has 2 N–H and O–H groups in total. The van der Waals surface area contributed by atoms with Gasteiger partial charge < -0.3 is 14.6 Å². The largest absolute Gasteiger partial charge is 0.509 e. The van der Waals surface area contributed by atoms with Gasteiger partial charge in [-0.1, -0.05) is 12.1 Å². The first-order valence-electron chi connectivity index (χ1n) is 8.86. The Morgan fingerprint density at radius 1 is 1.19 bits per heavy atom. The van der Waals surface area contributed by atoms with Crippen molar-refractivity contribution in [3.8, 4) is 0 Å². The maximum absolute atomic E-state index is 11.5. The highest BCUT2D eigenvalue weighted by molar-refractivity contribution is 6.30. The molecule has 1 aliphatic rings. The Hall–Kier alpha value is -3.41. The summed E-state index contributed by atoms with van der Waals surface area (Å²) in [5.41, 5.74) is 3.64. The molecule has 6 nitrogen and oxygen atoms in total. The topological polar surface area (TPSA) is 82.2 Å². The number of anilines is 1. The summed E-state index contributed by atoms with van der Waals surface area (Å²) in [5, 5.41) is 19.3. The fourth-order valence-corrected chi connectivity index (χ4v) is 3.50. The highest BCUT2D eigenvalue weighted by atomic mass is 16.3. The molecule has 6 heteroatoms. The standard InChI is InChI=1S/C21H20N4O2/c1-3-24-17-7-5-4-6-16(17)23-21(24)19-18(27)12-25(20(19)22)15-10-8-14(9-11-15)13(2)26/h4-11,22,27H,3,12H2,1-2H3. The van der Waals surface area contributed by atoms with Crippen LogP contribution >= 0.6 is 0 Å². The number of carbonyl (C=O) groups is 1. The zero-order valence-electron chi connectivity index (χ0n) is 15.2. The summed E-state index contributed by atoms with van der Waals surface area (Å²) in [5.74, 6) is 0.925. The van der Waals surface area contributed by atoms with Gasteiger partial charge in [-0.3, -0.25) is 10.2 Å². The van der Waals surface area contributed by atoms with Gasteiger partial charge in [0.15, 0.2) is 5.78 Å². The summed E-state index contributed by atoms with van der Waals surface area (Å²) in [6.45, 7) is 4.44. The molecule has 0 saturated heterocycles. The van der Waals surface area contributed by atoms with Crippen molar-refractivity contribution in [2.45, 2.75) is 20.4 Å². The molecule has 0 bridgehead atoms. The van der Waals surface area contributed by atoms with E-state index in [4.69, 9.17) is 5.41 Å². The molecule has 0 atom stereocenters. The molecule has 136 valence electrons. The second-order valence-corrected chi connectivity index (χ2v) is 6.53. The number of hydrogen-bond acceptors (Lipinski definition) is 4. The number of amidine groups is 1. The van der Waals surface area contributed by atoms with Gasteiger partial charge in [0.25, 0.3) is 0 Å². The molecule has 2 aromatic carbocycles. The van der Waals surface area contributed by atoms with Crippen LogP contribution in [-0.4, -0.2) is 32.8 Å². The second kappa shape index (κ2) is 6.39. The molecule has 0 saturated carbocycles. The number of aryl methyl sites for hydroxylation is 1. The van der Waals surface area contributed by atoms with Crippen molar-refractivity contribution in [3.63, 3.8) is 0 Å². The van der Waals surface area contributed by atoms with Crippen LogP contribution in [0.5, 0.6) is 0 Å². The number of Topliss-reactive ketones (excluding diaryl/α,β-unsaturated/α-hetero) is 1. The van der Waals surface area contributed by atoms with E-state index in [0.717, 1.165) is 16.7 Å². The van der Waals surface area contributed by atoms with Gasteiger partial charge in [-0.2, -0.15) is 0 Å². The predicted octanol–water partition coefficient (Wildman–Crippen LogP) is 4.03. The molecule has 3 aromatic rings. The van der Waals surface area contributed by atoms with Crippen molar-refractivity contribution < 1.29 is 9.90 Å². The van der Waals surface area contributed by atoms with Crippen LogP contribution in [0.25, 0.3) is 16.6 Å². The average molecular weight is 360 g/mol. The summed E-state index contributed by atoms with van der Waals surface area (Å²) in [6, 6.07) is 14.9. The summed E-state index contributed by atoms with van der Waals surface area (Å²) < 4.78 is 2.01. The van der Waals surface area contributed by atoms with Crippen LogP contribution in [0, 0.1) is 5.41 Å². The number of aromatic nitrogens is 2. The highest BCUT2D eigenvalue weighted by Crippen LogP contribution is 2.32. The Kier molecular flexibility index (Phi) is 4.03. The van der Waals surface area contributed by atoms with E-state index in [0.29, 0.717) is 23.5 Å². The summed E-state index contributed by atoms with van der Waals surface area (Å²) in [7, 11) is 0. The van der Waals surface area contributed by atoms with E-state index in [2.05, 4.69) is 4.98 Å². The van der Waals surface area contributed by atoms with Crippen LogP contribution in [0.2, 0.25) is 0 Å². The van der Waals surface area contributed by atoms with E-state index in [1.165, 1.54) is 6.92 Å². The number of rotatable bonds is 4. The van der Waals surface area contributed by atoms with Crippen molar-refractivity contribution in [2.75, 3.05) is 11.4 Å². The third-order valence-electron chi connectivity index (χ3n) is 4.88. The molecule has 4 rings (SSSR count). The number of hydrogen-bond donors (Lipinski definition) is 2. The van der Waals surface area contributed by atoms with Crippen LogP contribution < -0.4 is 4.90 Å². The summed E-state index contributed by atoms with van der Waals surface area (Å²) >= 11 is 0. The van der Waals surface area contributed by atoms with Gasteiger partial charge in [0, 0.05) is 17.8 Å². The third kappa shape index (κ3) is 2.70. The lowest BCUT2D eigenvalue weighted by atomic mass is 10.1. The smallest absolute Gasteiger partial charge is 0.159 e. The molecule has 0 amide bonds. The Morgan fingerprint density at radius 2 is 1.89 bits per heavy atom. The van der Waals surface area contributed by atoms with Gasteiger partial charge in [0.1, 0.15) is 17.4 Å². The number of aliphatic hydroxyl groups is 1. The van der Waals surface area contributed by atoms with Crippen molar-refractivity contribution in [1.82, 2.24) is 9.55 Å². The molecule has 0 aliphatic carbocycles. The van der Waals surface area contributed by atoms with Crippen molar-refractivity contribution in [2.24, 2.45) is 0 Å². The van der Waals surface area contributed by atoms with Crippen molar-refractivity contribution >= 4 is 33.9 Å². The molecular formula is C21H20N4O2. The third-order valence-corrected chi connectivity index (χ3v) is 4.88. The number of nitrogens with zero attached hydrogens (tertiary/aromatic N) is 3. The van der Waals surface area contributed by atoms with Crippen LogP contribution in [0.1, 0.15) is 30.0 Å². The van der Waals surface area contributed by atoms with E-state index >= 15 is 0 Å². The molecule has 27 heavy (non-hydrogen) atoms. The fraction of sp³-hybridized carbons (Fsp3) is 0.190. The highest BCUT2D eigenvalue weighted by Gasteiger charge is 2.32. The number of aliphatic hydroxyl groups excluding tert-OH is 1. The van der Waals surface area contributed by atoms with Gasteiger partial charge >= 0.3 is 0 Å². The molecule has 0 spiro atoms. The number of imidazole rings is 1. The minimum absolute atomic E-state index is 0.00336. The van der Waals surface area contributed by atoms with E-state index in [1.54, 1.807) is 29.2 Å². The molecule has 1 aromatic heterocycles. The predicted molar refractivity (Wildman–Crippen MR) is 106 cm³/mol. The number of benzene rings is 2. The van der Waals surface area contributed by atoms with E-state index in [-0.39, 0.29) is 23.9 Å². The van der Waals surface area contributed by atoms with E-state index in [9.17, 15) is 9.90 Å². The number of nitrogens with one attached hydrogen (secondary N) is 1. The lowest BCUT2D eigenvalue weighted by Gasteiger charge is -2.19. The lowest BCUT2D eigenvalue weighted by molar-refractivity contribution is 0.101. The molecular weight excluding hydrogens is 340 g/mol. The minimum Gasteiger partial charge on any atom is -0.509 e. The number of ketones is 1.